The van der Waals surface area contributed by atoms with Crippen molar-refractivity contribution in [3.63, 3.8) is 0 Å². The van der Waals surface area contributed by atoms with E-state index < -0.39 is 0 Å². The lowest BCUT2D eigenvalue weighted by Gasteiger charge is -2.27. The average Bonchev–Trinajstić information content (AvgIpc) is 3.11. The van der Waals surface area contributed by atoms with Crippen molar-refractivity contribution in [3.8, 4) is 0 Å². The van der Waals surface area contributed by atoms with E-state index in [2.05, 4.69) is 63.5 Å². The SMILES string of the molecule is CNC(C(C)C(C)C)C1CC1c1ccccc1. The van der Waals surface area contributed by atoms with Gasteiger partial charge in [-0.05, 0) is 42.7 Å². The van der Waals surface area contributed by atoms with Gasteiger partial charge in [-0.25, -0.2) is 0 Å². The molecule has 1 fully saturated rings. The zero-order valence-corrected chi connectivity index (χ0v) is 11.5. The van der Waals surface area contributed by atoms with Crippen molar-refractivity contribution in [1.82, 2.24) is 5.32 Å². The smallest absolute Gasteiger partial charge is 0.0126 e. The first kappa shape index (κ1) is 12.6. The predicted molar refractivity (Wildman–Crippen MR) is 74.1 cm³/mol. The average molecular weight is 231 g/mol. The Morgan fingerprint density at radius 2 is 1.76 bits per heavy atom. The summed E-state index contributed by atoms with van der Waals surface area (Å²) in [7, 11) is 2.12. The molecule has 1 aromatic carbocycles. The number of benzene rings is 1. The monoisotopic (exact) mass is 231 g/mol. The van der Waals surface area contributed by atoms with E-state index in [4.69, 9.17) is 0 Å². The Kier molecular flexibility index (Phi) is 3.88. The molecule has 0 bridgehead atoms. The van der Waals surface area contributed by atoms with E-state index in [0.29, 0.717) is 6.04 Å². The largest absolute Gasteiger partial charge is 0.316 e. The van der Waals surface area contributed by atoms with Gasteiger partial charge < -0.3 is 5.32 Å². The van der Waals surface area contributed by atoms with Crippen LogP contribution in [0.4, 0.5) is 0 Å². The highest BCUT2D eigenvalue weighted by Crippen LogP contribution is 2.51. The van der Waals surface area contributed by atoms with Crippen LogP contribution in [0.5, 0.6) is 0 Å². The van der Waals surface area contributed by atoms with Crippen molar-refractivity contribution in [1.29, 1.82) is 0 Å². The normalized spacial score (nSPS) is 26.9. The maximum absolute atomic E-state index is 3.54. The second-order valence-corrected chi connectivity index (χ2v) is 5.83. The third kappa shape index (κ3) is 2.71. The topological polar surface area (TPSA) is 12.0 Å². The van der Waals surface area contributed by atoms with Gasteiger partial charge in [0.15, 0.2) is 0 Å². The van der Waals surface area contributed by atoms with Gasteiger partial charge in [-0.15, -0.1) is 0 Å². The van der Waals surface area contributed by atoms with Crippen molar-refractivity contribution in [3.05, 3.63) is 35.9 Å². The Morgan fingerprint density at radius 1 is 1.12 bits per heavy atom. The van der Waals surface area contributed by atoms with E-state index >= 15 is 0 Å². The summed E-state index contributed by atoms with van der Waals surface area (Å²) in [4.78, 5) is 0. The van der Waals surface area contributed by atoms with Crippen molar-refractivity contribution < 1.29 is 0 Å². The molecule has 0 heterocycles. The molecule has 1 nitrogen and oxygen atoms in total. The fourth-order valence-electron chi connectivity index (χ4n) is 2.98. The molecule has 0 amide bonds. The zero-order valence-electron chi connectivity index (χ0n) is 11.5. The zero-order chi connectivity index (χ0) is 12.4. The highest BCUT2D eigenvalue weighted by Gasteiger charge is 2.45. The first-order valence-corrected chi connectivity index (χ1v) is 6.87. The summed E-state index contributed by atoms with van der Waals surface area (Å²) in [6.07, 6.45) is 1.35. The summed E-state index contributed by atoms with van der Waals surface area (Å²) >= 11 is 0. The predicted octanol–water partition coefficient (Wildman–Crippen LogP) is 3.67. The molecule has 17 heavy (non-hydrogen) atoms. The van der Waals surface area contributed by atoms with E-state index in [-0.39, 0.29) is 0 Å². The maximum atomic E-state index is 3.54. The van der Waals surface area contributed by atoms with E-state index in [0.717, 1.165) is 23.7 Å². The van der Waals surface area contributed by atoms with Crippen molar-refractivity contribution in [2.24, 2.45) is 17.8 Å². The van der Waals surface area contributed by atoms with Crippen molar-refractivity contribution in [2.75, 3.05) is 7.05 Å². The van der Waals surface area contributed by atoms with Crippen LogP contribution < -0.4 is 5.32 Å². The van der Waals surface area contributed by atoms with Crippen LogP contribution in [-0.4, -0.2) is 13.1 Å². The number of nitrogens with one attached hydrogen (secondary N) is 1. The standard InChI is InChI=1S/C16H25N/c1-11(2)12(3)16(17-4)15-10-14(15)13-8-6-5-7-9-13/h5-9,11-12,14-17H,10H2,1-4H3. The minimum Gasteiger partial charge on any atom is -0.316 e. The van der Waals surface area contributed by atoms with Gasteiger partial charge in [0, 0.05) is 6.04 Å². The van der Waals surface area contributed by atoms with Gasteiger partial charge in [0.2, 0.25) is 0 Å². The summed E-state index contributed by atoms with van der Waals surface area (Å²) in [5.41, 5.74) is 1.52. The van der Waals surface area contributed by atoms with E-state index in [1.54, 1.807) is 0 Å². The molecular formula is C16H25N. The van der Waals surface area contributed by atoms with Crippen LogP contribution in [0.2, 0.25) is 0 Å². The number of hydrogen-bond donors (Lipinski definition) is 1. The molecule has 1 aliphatic rings. The van der Waals surface area contributed by atoms with E-state index in [9.17, 15) is 0 Å². The Balaban J connectivity index is 2.01. The van der Waals surface area contributed by atoms with Gasteiger partial charge in [0.05, 0.1) is 0 Å². The van der Waals surface area contributed by atoms with Crippen molar-refractivity contribution in [2.45, 2.75) is 39.2 Å². The minimum absolute atomic E-state index is 0.667. The maximum Gasteiger partial charge on any atom is 0.0126 e. The molecule has 4 unspecified atom stereocenters. The second kappa shape index (κ2) is 5.22. The molecule has 1 N–H and O–H groups in total. The Labute approximate surface area is 106 Å². The Morgan fingerprint density at radius 3 is 2.29 bits per heavy atom. The van der Waals surface area contributed by atoms with Crippen LogP contribution in [0.1, 0.15) is 38.7 Å². The third-order valence-corrected chi connectivity index (χ3v) is 4.48. The summed E-state index contributed by atoms with van der Waals surface area (Å²) in [5.74, 6) is 3.12. The molecule has 1 aliphatic carbocycles. The van der Waals surface area contributed by atoms with Crippen LogP contribution in [-0.2, 0) is 0 Å². The lowest BCUT2D eigenvalue weighted by Crippen LogP contribution is -2.37. The van der Waals surface area contributed by atoms with Crippen LogP contribution >= 0.6 is 0 Å². The first-order valence-electron chi connectivity index (χ1n) is 6.87. The lowest BCUT2D eigenvalue weighted by atomic mass is 9.86. The van der Waals surface area contributed by atoms with E-state index in [1.807, 2.05) is 0 Å². The molecule has 1 aromatic rings. The van der Waals surface area contributed by atoms with Gasteiger partial charge >= 0.3 is 0 Å². The third-order valence-electron chi connectivity index (χ3n) is 4.48. The molecular weight excluding hydrogens is 206 g/mol. The summed E-state index contributed by atoms with van der Waals surface area (Å²) in [5, 5.41) is 3.54. The summed E-state index contributed by atoms with van der Waals surface area (Å²) in [6.45, 7) is 7.04. The lowest BCUT2D eigenvalue weighted by molar-refractivity contribution is 0.283. The summed E-state index contributed by atoms with van der Waals surface area (Å²) in [6, 6.07) is 11.6. The Hall–Kier alpha value is -0.820. The van der Waals surface area contributed by atoms with E-state index in [1.165, 1.54) is 12.0 Å². The van der Waals surface area contributed by atoms with Crippen LogP contribution in [0.15, 0.2) is 30.3 Å². The Bertz CT molecular complexity index is 344. The number of hydrogen-bond acceptors (Lipinski definition) is 1. The fraction of sp³-hybridized carbons (Fsp3) is 0.625. The molecule has 0 radical (unpaired) electrons. The van der Waals surface area contributed by atoms with Gasteiger partial charge in [-0.2, -0.15) is 0 Å². The summed E-state index contributed by atoms with van der Waals surface area (Å²) < 4.78 is 0. The highest BCUT2D eigenvalue weighted by atomic mass is 14.9. The van der Waals surface area contributed by atoms with Gasteiger partial charge in [-0.3, -0.25) is 0 Å². The van der Waals surface area contributed by atoms with Crippen LogP contribution in [0.3, 0.4) is 0 Å². The molecule has 2 rings (SSSR count). The quantitative estimate of drug-likeness (QED) is 0.815. The molecule has 0 aliphatic heterocycles. The van der Waals surface area contributed by atoms with Gasteiger partial charge in [0.1, 0.15) is 0 Å². The van der Waals surface area contributed by atoms with Crippen LogP contribution in [0.25, 0.3) is 0 Å². The molecule has 94 valence electrons. The highest BCUT2D eigenvalue weighted by molar-refractivity contribution is 5.26. The number of rotatable bonds is 5. The van der Waals surface area contributed by atoms with Gasteiger partial charge in [-0.1, -0.05) is 51.1 Å². The molecule has 4 atom stereocenters. The molecule has 1 saturated carbocycles. The molecule has 0 saturated heterocycles. The molecule has 1 heteroatoms. The first-order chi connectivity index (χ1) is 8.15. The minimum atomic E-state index is 0.667. The molecule has 0 spiro atoms. The second-order valence-electron chi connectivity index (χ2n) is 5.83. The fourth-order valence-corrected chi connectivity index (χ4v) is 2.98. The van der Waals surface area contributed by atoms with Crippen LogP contribution in [0, 0.1) is 17.8 Å². The molecule has 0 aromatic heterocycles. The van der Waals surface area contributed by atoms with Gasteiger partial charge in [0.25, 0.3) is 0 Å². The van der Waals surface area contributed by atoms with Crippen molar-refractivity contribution >= 4 is 0 Å².